The molecule has 0 aliphatic rings. The third kappa shape index (κ3) is 7.08. The van der Waals surface area contributed by atoms with E-state index in [4.69, 9.17) is 4.74 Å². The van der Waals surface area contributed by atoms with Crippen LogP contribution in [0.1, 0.15) is 27.2 Å². The fourth-order valence-corrected chi connectivity index (χ4v) is 0.690. The Bertz CT molecular complexity index is 255. The number of urea groups is 1. The molecule has 6 nitrogen and oxygen atoms in total. The second-order valence-corrected chi connectivity index (χ2v) is 3.68. The molecular formula is C8H14N2O4. The molecule has 0 bridgehead atoms. The van der Waals surface area contributed by atoms with Crippen LogP contribution in [0.5, 0.6) is 0 Å². The Morgan fingerprint density at radius 1 is 1.29 bits per heavy atom. The fourth-order valence-electron chi connectivity index (χ4n) is 0.690. The molecule has 0 aromatic rings. The predicted molar refractivity (Wildman–Crippen MR) is 48.2 cm³/mol. The lowest BCUT2D eigenvalue weighted by Crippen LogP contribution is -2.37. The van der Waals surface area contributed by atoms with Crippen LogP contribution in [0.3, 0.4) is 0 Å². The SMILES string of the molecule is CC(C)(C)OC(=O)CC(=O)NC(N)=O. The van der Waals surface area contributed by atoms with Crippen molar-refractivity contribution in [2.24, 2.45) is 5.73 Å². The largest absolute Gasteiger partial charge is 0.460 e. The Balaban J connectivity index is 3.96. The minimum absolute atomic E-state index is 0.514. The van der Waals surface area contributed by atoms with Crippen LogP contribution in [0, 0.1) is 0 Å². The summed E-state index contributed by atoms with van der Waals surface area (Å²) >= 11 is 0. The summed E-state index contributed by atoms with van der Waals surface area (Å²) in [5.74, 6) is -1.47. The topological polar surface area (TPSA) is 98.5 Å². The van der Waals surface area contributed by atoms with Gasteiger partial charge in [0.15, 0.2) is 0 Å². The number of imide groups is 1. The Kier molecular flexibility index (Phi) is 4.07. The number of hydrogen-bond acceptors (Lipinski definition) is 4. The molecule has 0 aromatic heterocycles. The second-order valence-electron chi connectivity index (χ2n) is 3.68. The number of carbonyl (C=O) groups is 3. The maximum atomic E-state index is 11.0. The number of carbonyl (C=O) groups excluding carboxylic acids is 3. The summed E-state index contributed by atoms with van der Waals surface area (Å²) in [6.07, 6.45) is -0.514. The normalized spacial score (nSPS) is 10.5. The van der Waals surface area contributed by atoms with Gasteiger partial charge in [-0.1, -0.05) is 0 Å². The Hall–Kier alpha value is -1.59. The van der Waals surface area contributed by atoms with Crippen molar-refractivity contribution in [3.8, 4) is 0 Å². The minimum atomic E-state index is -0.987. The van der Waals surface area contributed by atoms with Crippen LogP contribution in [-0.4, -0.2) is 23.5 Å². The summed E-state index contributed by atoms with van der Waals surface area (Å²) in [5, 5.41) is 1.76. The molecule has 3 N–H and O–H groups in total. The van der Waals surface area contributed by atoms with E-state index in [2.05, 4.69) is 5.73 Å². The molecular weight excluding hydrogens is 188 g/mol. The van der Waals surface area contributed by atoms with Crippen LogP contribution < -0.4 is 11.1 Å². The zero-order chi connectivity index (χ0) is 11.4. The van der Waals surface area contributed by atoms with E-state index in [1.165, 1.54) is 0 Å². The maximum Gasteiger partial charge on any atom is 0.318 e. The van der Waals surface area contributed by atoms with E-state index in [0.29, 0.717) is 0 Å². The molecule has 0 fully saturated rings. The van der Waals surface area contributed by atoms with E-state index < -0.39 is 29.9 Å². The lowest BCUT2D eigenvalue weighted by molar-refractivity contribution is -0.156. The number of esters is 1. The van der Waals surface area contributed by atoms with Gasteiger partial charge in [0.1, 0.15) is 12.0 Å². The van der Waals surface area contributed by atoms with Gasteiger partial charge in [-0.2, -0.15) is 0 Å². The first-order chi connectivity index (χ1) is 6.20. The highest BCUT2D eigenvalue weighted by atomic mass is 16.6. The molecule has 0 unspecified atom stereocenters. The molecule has 0 heterocycles. The molecule has 0 aromatic carbocycles. The van der Waals surface area contributed by atoms with E-state index in [9.17, 15) is 14.4 Å². The molecule has 14 heavy (non-hydrogen) atoms. The minimum Gasteiger partial charge on any atom is -0.460 e. The van der Waals surface area contributed by atoms with E-state index in [0.717, 1.165) is 0 Å². The highest BCUT2D eigenvalue weighted by molar-refractivity contribution is 6.01. The number of nitrogens with one attached hydrogen (secondary N) is 1. The zero-order valence-electron chi connectivity index (χ0n) is 8.42. The Morgan fingerprint density at radius 2 is 1.79 bits per heavy atom. The van der Waals surface area contributed by atoms with Gasteiger partial charge < -0.3 is 10.5 Å². The number of rotatable bonds is 2. The summed E-state index contributed by atoms with van der Waals surface area (Å²) in [4.78, 5) is 32.1. The summed E-state index contributed by atoms with van der Waals surface area (Å²) in [6.45, 7) is 5.03. The van der Waals surface area contributed by atoms with Gasteiger partial charge in [0.05, 0.1) is 0 Å². The highest BCUT2D eigenvalue weighted by Crippen LogP contribution is 2.07. The number of hydrogen-bond donors (Lipinski definition) is 2. The molecule has 0 saturated heterocycles. The summed E-state index contributed by atoms with van der Waals surface area (Å²) in [6, 6.07) is -0.987. The van der Waals surface area contributed by atoms with Gasteiger partial charge >= 0.3 is 12.0 Å². The first-order valence-corrected chi connectivity index (χ1v) is 4.02. The lowest BCUT2D eigenvalue weighted by Gasteiger charge is -2.18. The molecule has 0 spiro atoms. The van der Waals surface area contributed by atoms with Crippen molar-refractivity contribution >= 4 is 17.9 Å². The van der Waals surface area contributed by atoms with Crippen molar-refractivity contribution in [3.63, 3.8) is 0 Å². The molecule has 0 atom stereocenters. The third-order valence-electron chi connectivity index (χ3n) is 0.988. The van der Waals surface area contributed by atoms with Gasteiger partial charge in [0.25, 0.3) is 0 Å². The Morgan fingerprint density at radius 3 is 2.14 bits per heavy atom. The van der Waals surface area contributed by atoms with Crippen molar-refractivity contribution < 1.29 is 19.1 Å². The second kappa shape index (κ2) is 4.59. The van der Waals surface area contributed by atoms with Gasteiger partial charge in [0.2, 0.25) is 5.91 Å². The van der Waals surface area contributed by atoms with E-state index in [-0.39, 0.29) is 0 Å². The van der Waals surface area contributed by atoms with Gasteiger partial charge in [-0.15, -0.1) is 0 Å². The molecule has 3 amide bonds. The standard InChI is InChI=1S/C8H14N2O4/c1-8(2,3)14-6(12)4-5(11)10-7(9)13/h4H2,1-3H3,(H3,9,10,11,13). The summed E-state index contributed by atoms with van der Waals surface area (Å²) in [5.41, 5.74) is 4.02. The molecule has 80 valence electrons. The van der Waals surface area contributed by atoms with Crippen LogP contribution in [0.15, 0.2) is 0 Å². The maximum absolute atomic E-state index is 11.0. The third-order valence-corrected chi connectivity index (χ3v) is 0.988. The molecule has 0 aliphatic carbocycles. The van der Waals surface area contributed by atoms with E-state index in [1.807, 2.05) is 0 Å². The van der Waals surface area contributed by atoms with Crippen molar-refractivity contribution in [3.05, 3.63) is 0 Å². The number of nitrogens with two attached hydrogens (primary N) is 1. The van der Waals surface area contributed by atoms with Crippen LogP contribution in [-0.2, 0) is 14.3 Å². The quantitative estimate of drug-likeness (QED) is 0.483. The molecule has 0 saturated carbocycles. The first-order valence-electron chi connectivity index (χ1n) is 4.02. The molecule has 6 heteroatoms. The van der Waals surface area contributed by atoms with Gasteiger partial charge in [-0.25, -0.2) is 4.79 Å². The van der Waals surface area contributed by atoms with Gasteiger partial charge in [-0.3, -0.25) is 14.9 Å². The van der Waals surface area contributed by atoms with Crippen LogP contribution >= 0.6 is 0 Å². The summed E-state index contributed by atoms with van der Waals surface area (Å²) < 4.78 is 4.84. The van der Waals surface area contributed by atoms with Crippen molar-refractivity contribution in [1.82, 2.24) is 5.32 Å². The molecule has 0 radical (unpaired) electrons. The van der Waals surface area contributed by atoms with Crippen LogP contribution in [0.4, 0.5) is 4.79 Å². The van der Waals surface area contributed by atoms with Crippen LogP contribution in [0.2, 0.25) is 0 Å². The van der Waals surface area contributed by atoms with Crippen molar-refractivity contribution in [2.45, 2.75) is 32.8 Å². The van der Waals surface area contributed by atoms with Gasteiger partial charge in [-0.05, 0) is 20.8 Å². The average Bonchev–Trinajstić information content (AvgIpc) is 1.77. The van der Waals surface area contributed by atoms with E-state index in [1.54, 1.807) is 26.1 Å². The van der Waals surface area contributed by atoms with Crippen LogP contribution in [0.25, 0.3) is 0 Å². The smallest absolute Gasteiger partial charge is 0.318 e. The lowest BCUT2D eigenvalue weighted by atomic mass is 10.2. The first kappa shape index (κ1) is 12.4. The van der Waals surface area contributed by atoms with Gasteiger partial charge in [0, 0.05) is 0 Å². The number of amides is 3. The predicted octanol–water partition coefficient (Wildman–Crippen LogP) is -0.0869. The highest BCUT2D eigenvalue weighted by Gasteiger charge is 2.19. The molecule has 0 aliphatic heterocycles. The summed E-state index contributed by atoms with van der Waals surface area (Å²) in [7, 11) is 0. The van der Waals surface area contributed by atoms with Crippen molar-refractivity contribution in [2.75, 3.05) is 0 Å². The van der Waals surface area contributed by atoms with Crippen molar-refractivity contribution in [1.29, 1.82) is 0 Å². The number of primary amides is 1. The fraction of sp³-hybridized carbons (Fsp3) is 0.625. The molecule has 0 rings (SSSR count). The number of ether oxygens (including phenoxy) is 1. The Labute approximate surface area is 81.8 Å². The monoisotopic (exact) mass is 202 g/mol. The zero-order valence-corrected chi connectivity index (χ0v) is 8.42. The van der Waals surface area contributed by atoms with E-state index >= 15 is 0 Å². The average molecular weight is 202 g/mol.